The maximum absolute atomic E-state index is 11.2. The number of benzene rings is 1. The zero-order valence-corrected chi connectivity index (χ0v) is 9.85. The molecule has 0 aliphatic carbocycles. The van der Waals surface area contributed by atoms with Crippen LogP contribution in [0.5, 0.6) is 5.75 Å². The SMILES string of the molecule is COc1c(C)cc2ccnc(C)c2c1[N+](=O)[O-]. The van der Waals surface area contributed by atoms with E-state index >= 15 is 0 Å². The van der Waals surface area contributed by atoms with Crippen LogP contribution in [0.1, 0.15) is 11.3 Å². The van der Waals surface area contributed by atoms with Gasteiger partial charge in [-0.2, -0.15) is 0 Å². The van der Waals surface area contributed by atoms with Crippen molar-refractivity contribution in [2.24, 2.45) is 0 Å². The van der Waals surface area contributed by atoms with Crippen molar-refractivity contribution in [3.05, 3.63) is 39.7 Å². The van der Waals surface area contributed by atoms with Gasteiger partial charge in [0, 0.05) is 6.20 Å². The molecule has 17 heavy (non-hydrogen) atoms. The molecular formula is C12H12N2O3. The Kier molecular flexibility index (Phi) is 2.67. The second-order valence-corrected chi connectivity index (χ2v) is 3.83. The third kappa shape index (κ3) is 1.69. The number of hydrogen-bond donors (Lipinski definition) is 0. The molecule has 5 heteroatoms. The summed E-state index contributed by atoms with van der Waals surface area (Å²) in [6, 6.07) is 3.64. The Hall–Kier alpha value is -2.17. The van der Waals surface area contributed by atoms with Crippen LogP contribution >= 0.6 is 0 Å². The zero-order valence-electron chi connectivity index (χ0n) is 9.85. The third-order valence-electron chi connectivity index (χ3n) is 2.74. The van der Waals surface area contributed by atoms with Crippen molar-refractivity contribution in [2.45, 2.75) is 13.8 Å². The first kappa shape index (κ1) is 11.3. The summed E-state index contributed by atoms with van der Waals surface area (Å²) < 4.78 is 5.13. The van der Waals surface area contributed by atoms with Gasteiger partial charge in [-0.1, -0.05) is 0 Å². The van der Waals surface area contributed by atoms with E-state index < -0.39 is 4.92 Å². The highest BCUT2D eigenvalue weighted by Crippen LogP contribution is 2.38. The summed E-state index contributed by atoms with van der Waals surface area (Å²) in [6.45, 7) is 3.55. The second-order valence-electron chi connectivity index (χ2n) is 3.83. The van der Waals surface area contributed by atoms with Crippen LogP contribution in [0.25, 0.3) is 10.8 Å². The fraction of sp³-hybridized carbons (Fsp3) is 0.250. The number of aromatic nitrogens is 1. The minimum atomic E-state index is -0.414. The average Bonchev–Trinajstić information content (AvgIpc) is 2.27. The van der Waals surface area contributed by atoms with E-state index in [1.165, 1.54) is 7.11 Å². The normalized spacial score (nSPS) is 10.5. The number of nitrogens with zero attached hydrogens (tertiary/aromatic N) is 2. The smallest absolute Gasteiger partial charge is 0.320 e. The molecule has 0 aliphatic heterocycles. The van der Waals surface area contributed by atoms with Crippen molar-refractivity contribution in [2.75, 3.05) is 7.11 Å². The number of methoxy groups -OCH3 is 1. The Balaban J connectivity index is 3.00. The van der Waals surface area contributed by atoms with E-state index in [0.717, 1.165) is 10.9 Å². The quantitative estimate of drug-likeness (QED) is 0.589. The van der Waals surface area contributed by atoms with Gasteiger partial charge >= 0.3 is 5.69 Å². The molecule has 0 N–H and O–H groups in total. The molecule has 0 atom stereocenters. The largest absolute Gasteiger partial charge is 0.490 e. The highest BCUT2D eigenvalue weighted by Gasteiger charge is 2.23. The maximum Gasteiger partial charge on any atom is 0.320 e. The average molecular weight is 232 g/mol. The molecule has 2 rings (SSSR count). The van der Waals surface area contributed by atoms with E-state index in [-0.39, 0.29) is 5.69 Å². The summed E-state index contributed by atoms with van der Waals surface area (Å²) in [6.07, 6.45) is 1.65. The number of hydrogen-bond acceptors (Lipinski definition) is 4. The van der Waals surface area contributed by atoms with E-state index in [0.29, 0.717) is 16.8 Å². The molecule has 0 unspecified atom stereocenters. The van der Waals surface area contributed by atoms with Crippen molar-refractivity contribution in [1.82, 2.24) is 4.98 Å². The molecule has 0 saturated heterocycles. The fourth-order valence-electron chi connectivity index (χ4n) is 2.05. The van der Waals surface area contributed by atoms with Gasteiger partial charge in [0.1, 0.15) is 0 Å². The Bertz CT molecular complexity index is 608. The summed E-state index contributed by atoms with van der Waals surface area (Å²) in [7, 11) is 1.44. The van der Waals surface area contributed by atoms with Crippen LogP contribution < -0.4 is 4.74 Å². The first-order chi connectivity index (χ1) is 8.06. The monoisotopic (exact) mass is 232 g/mol. The van der Waals surface area contributed by atoms with Gasteiger partial charge in [-0.15, -0.1) is 0 Å². The van der Waals surface area contributed by atoms with Crippen LogP contribution in [0, 0.1) is 24.0 Å². The first-order valence-corrected chi connectivity index (χ1v) is 5.13. The minimum Gasteiger partial charge on any atom is -0.490 e. The van der Waals surface area contributed by atoms with Crippen molar-refractivity contribution >= 4 is 16.5 Å². The highest BCUT2D eigenvalue weighted by atomic mass is 16.6. The minimum absolute atomic E-state index is 0.00639. The third-order valence-corrected chi connectivity index (χ3v) is 2.74. The summed E-state index contributed by atoms with van der Waals surface area (Å²) in [5.41, 5.74) is 1.37. The summed E-state index contributed by atoms with van der Waals surface area (Å²) in [4.78, 5) is 14.9. The number of fused-ring (bicyclic) bond motifs is 1. The Labute approximate surface area is 98.2 Å². The van der Waals surface area contributed by atoms with Gasteiger partial charge < -0.3 is 4.74 Å². The lowest BCUT2D eigenvalue weighted by atomic mass is 10.0. The molecule has 5 nitrogen and oxygen atoms in total. The van der Waals surface area contributed by atoms with Gasteiger partial charge in [-0.05, 0) is 36.9 Å². The van der Waals surface area contributed by atoms with Gasteiger partial charge in [0.05, 0.1) is 23.1 Å². The van der Waals surface area contributed by atoms with Gasteiger partial charge in [-0.25, -0.2) is 0 Å². The lowest BCUT2D eigenvalue weighted by molar-refractivity contribution is -0.384. The predicted molar refractivity (Wildman–Crippen MR) is 64.4 cm³/mol. The van der Waals surface area contributed by atoms with Crippen molar-refractivity contribution in [3.8, 4) is 5.75 Å². The molecule has 0 bridgehead atoms. The maximum atomic E-state index is 11.2. The zero-order chi connectivity index (χ0) is 12.6. The molecule has 0 amide bonds. The van der Waals surface area contributed by atoms with Crippen molar-refractivity contribution < 1.29 is 9.66 Å². The number of rotatable bonds is 2. The van der Waals surface area contributed by atoms with E-state index in [1.807, 2.05) is 6.07 Å². The number of nitro groups is 1. The Morgan fingerprint density at radius 1 is 1.41 bits per heavy atom. The number of nitro benzene ring substituents is 1. The molecule has 1 aromatic carbocycles. The standard InChI is InChI=1S/C12H12N2O3/c1-7-6-9-4-5-13-8(2)10(9)11(14(15)16)12(7)17-3/h4-6H,1-3H3. The lowest BCUT2D eigenvalue weighted by Crippen LogP contribution is -1.99. The highest BCUT2D eigenvalue weighted by molar-refractivity contribution is 5.96. The molecule has 0 fully saturated rings. The molecule has 0 saturated carbocycles. The van der Waals surface area contributed by atoms with Crippen LogP contribution in [0.2, 0.25) is 0 Å². The van der Waals surface area contributed by atoms with E-state index in [2.05, 4.69) is 4.98 Å². The van der Waals surface area contributed by atoms with Crippen molar-refractivity contribution in [3.63, 3.8) is 0 Å². The molecule has 88 valence electrons. The summed E-state index contributed by atoms with van der Waals surface area (Å²) >= 11 is 0. The molecule has 1 heterocycles. The van der Waals surface area contributed by atoms with Gasteiger partial charge in [0.15, 0.2) is 0 Å². The summed E-state index contributed by atoms with van der Waals surface area (Å²) in [5, 5.41) is 12.5. The van der Waals surface area contributed by atoms with Crippen LogP contribution in [0.15, 0.2) is 18.3 Å². The molecule has 0 aliphatic rings. The van der Waals surface area contributed by atoms with E-state index in [9.17, 15) is 10.1 Å². The predicted octanol–water partition coefficient (Wildman–Crippen LogP) is 2.77. The Morgan fingerprint density at radius 2 is 2.12 bits per heavy atom. The molecule has 2 aromatic rings. The first-order valence-electron chi connectivity index (χ1n) is 5.13. The van der Waals surface area contributed by atoms with E-state index in [4.69, 9.17) is 4.74 Å². The lowest BCUT2D eigenvalue weighted by Gasteiger charge is -2.09. The van der Waals surface area contributed by atoms with Gasteiger partial charge in [-0.3, -0.25) is 15.1 Å². The second kappa shape index (κ2) is 4.01. The van der Waals surface area contributed by atoms with Crippen LogP contribution in [-0.2, 0) is 0 Å². The van der Waals surface area contributed by atoms with E-state index in [1.54, 1.807) is 26.1 Å². The van der Waals surface area contributed by atoms with Crippen LogP contribution in [0.3, 0.4) is 0 Å². The molecular weight excluding hydrogens is 220 g/mol. The molecule has 0 radical (unpaired) electrons. The van der Waals surface area contributed by atoms with Gasteiger partial charge in [0.25, 0.3) is 0 Å². The van der Waals surface area contributed by atoms with Crippen LogP contribution in [0.4, 0.5) is 5.69 Å². The fourth-order valence-corrected chi connectivity index (χ4v) is 2.05. The number of pyridine rings is 1. The van der Waals surface area contributed by atoms with Crippen molar-refractivity contribution in [1.29, 1.82) is 0 Å². The summed E-state index contributed by atoms with van der Waals surface area (Å²) in [5.74, 6) is 0.304. The number of ether oxygens (including phenoxy) is 1. The molecule has 0 spiro atoms. The number of aryl methyl sites for hydroxylation is 2. The Morgan fingerprint density at radius 3 is 2.71 bits per heavy atom. The van der Waals surface area contributed by atoms with Crippen LogP contribution in [-0.4, -0.2) is 17.0 Å². The van der Waals surface area contributed by atoms with Gasteiger partial charge in [0.2, 0.25) is 5.75 Å². The molecule has 1 aromatic heterocycles. The topological polar surface area (TPSA) is 65.3 Å².